The molecule has 1 amide bonds. The molecule has 1 heterocycles. The van der Waals surface area contributed by atoms with Gasteiger partial charge in [0.15, 0.2) is 12.4 Å². The normalized spacial score (nSPS) is 11.8. The Balaban J connectivity index is 1.75. The molecule has 14 heteroatoms. The number of rotatable bonds is 14. The van der Waals surface area contributed by atoms with Crippen LogP contribution in [-0.4, -0.2) is 66.7 Å². The standard InChI is InChI=1S/C24H30N4O8S2/c1-15(14-37-10-9-21(30)36-13-22(31)35-12-18(4)29)23(32)27-19-5-7-20(8-6-19)38(33,34)28-24-25-16(2)11-17(3)26-24/h5-8,11,15H,9-10,12-14H2,1-4H3,(H,27,32)(H,25,26,28). The number of aryl methyl sites for hydroxylation is 2. The Morgan fingerprint density at radius 2 is 1.58 bits per heavy atom. The van der Waals surface area contributed by atoms with E-state index in [2.05, 4.69) is 24.7 Å². The van der Waals surface area contributed by atoms with E-state index in [1.165, 1.54) is 43.0 Å². The number of aromatic nitrogens is 2. The van der Waals surface area contributed by atoms with Gasteiger partial charge in [0.2, 0.25) is 11.9 Å². The number of anilines is 2. The van der Waals surface area contributed by atoms with Crippen LogP contribution in [-0.2, 0) is 38.7 Å². The largest absolute Gasteiger partial charge is 0.455 e. The molecule has 0 fully saturated rings. The summed E-state index contributed by atoms with van der Waals surface area (Å²) in [6.45, 7) is 5.53. The monoisotopic (exact) mass is 566 g/mol. The van der Waals surface area contributed by atoms with Crippen LogP contribution in [0.1, 0.15) is 31.7 Å². The maximum Gasteiger partial charge on any atom is 0.344 e. The van der Waals surface area contributed by atoms with E-state index >= 15 is 0 Å². The van der Waals surface area contributed by atoms with Gasteiger partial charge in [-0.1, -0.05) is 6.92 Å². The zero-order chi connectivity index (χ0) is 28.3. The van der Waals surface area contributed by atoms with Gasteiger partial charge in [-0.15, -0.1) is 0 Å². The van der Waals surface area contributed by atoms with Gasteiger partial charge in [-0.2, -0.15) is 11.8 Å². The topological polar surface area (TPSA) is 171 Å². The Kier molecular flexibility index (Phi) is 11.7. The summed E-state index contributed by atoms with van der Waals surface area (Å²) in [5.41, 5.74) is 1.68. The van der Waals surface area contributed by atoms with Gasteiger partial charge in [0.1, 0.15) is 6.61 Å². The lowest BCUT2D eigenvalue weighted by molar-refractivity contribution is -0.159. The van der Waals surface area contributed by atoms with Crippen molar-refractivity contribution in [1.29, 1.82) is 0 Å². The maximum absolute atomic E-state index is 12.6. The molecule has 0 radical (unpaired) electrons. The lowest BCUT2D eigenvalue weighted by atomic mass is 10.2. The van der Waals surface area contributed by atoms with Crippen molar-refractivity contribution in [2.24, 2.45) is 5.92 Å². The molecule has 2 N–H and O–H groups in total. The molecule has 0 aliphatic carbocycles. The number of amides is 1. The maximum atomic E-state index is 12.6. The number of thioether (sulfide) groups is 1. The first-order chi connectivity index (χ1) is 17.9. The molecular weight excluding hydrogens is 536 g/mol. The second-order valence-corrected chi connectivity index (χ2v) is 11.2. The summed E-state index contributed by atoms with van der Waals surface area (Å²) >= 11 is 1.36. The number of hydrogen-bond donors (Lipinski definition) is 2. The number of esters is 2. The van der Waals surface area contributed by atoms with E-state index in [0.717, 1.165) is 0 Å². The summed E-state index contributed by atoms with van der Waals surface area (Å²) in [6.07, 6.45) is 0.0378. The molecule has 0 aliphatic rings. The summed E-state index contributed by atoms with van der Waals surface area (Å²) in [7, 11) is -3.91. The third-order valence-corrected chi connectivity index (χ3v) is 7.27. The fourth-order valence-electron chi connectivity index (χ4n) is 2.86. The van der Waals surface area contributed by atoms with Gasteiger partial charge in [0.25, 0.3) is 10.0 Å². The van der Waals surface area contributed by atoms with Crippen molar-refractivity contribution in [2.75, 3.05) is 34.8 Å². The number of Topliss-reactive ketones (excluding diaryl/α,β-unsaturated/α-hetero) is 1. The molecule has 1 aromatic carbocycles. The van der Waals surface area contributed by atoms with Crippen molar-refractivity contribution in [3.05, 3.63) is 41.7 Å². The molecule has 0 spiro atoms. The number of carbonyl (C=O) groups excluding carboxylic acids is 4. The van der Waals surface area contributed by atoms with Gasteiger partial charge in [0.05, 0.1) is 11.3 Å². The minimum Gasteiger partial charge on any atom is -0.455 e. The molecule has 2 rings (SSSR count). The van der Waals surface area contributed by atoms with Crippen molar-refractivity contribution in [2.45, 2.75) is 39.0 Å². The van der Waals surface area contributed by atoms with Crippen molar-refractivity contribution in [3.63, 3.8) is 0 Å². The second kappa shape index (κ2) is 14.4. The molecule has 38 heavy (non-hydrogen) atoms. The number of nitrogens with zero attached hydrogens (tertiary/aromatic N) is 2. The summed E-state index contributed by atoms with van der Waals surface area (Å²) < 4.78 is 37.0. The van der Waals surface area contributed by atoms with Crippen LogP contribution in [0.25, 0.3) is 0 Å². The first kappa shape index (κ1) is 30.7. The first-order valence-corrected chi connectivity index (χ1v) is 14.1. The Labute approximate surface area is 225 Å². The predicted molar refractivity (Wildman–Crippen MR) is 141 cm³/mol. The van der Waals surface area contributed by atoms with E-state index in [1.54, 1.807) is 26.8 Å². The van der Waals surface area contributed by atoms with Crippen LogP contribution in [0.4, 0.5) is 11.6 Å². The molecule has 1 unspecified atom stereocenters. The predicted octanol–water partition coefficient (Wildman–Crippen LogP) is 2.27. The van der Waals surface area contributed by atoms with E-state index in [0.29, 0.717) is 28.6 Å². The molecule has 1 aromatic heterocycles. The molecule has 0 saturated carbocycles. The Morgan fingerprint density at radius 3 is 2.18 bits per heavy atom. The molecule has 0 saturated heterocycles. The fraction of sp³-hybridized carbons (Fsp3) is 0.417. The van der Waals surface area contributed by atoms with Gasteiger partial charge >= 0.3 is 11.9 Å². The Hall–Kier alpha value is -3.52. The van der Waals surface area contributed by atoms with Crippen LogP contribution in [0, 0.1) is 19.8 Å². The van der Waals surface area contributed by atoms with Crippen molar-refractivity contribution in [3.8, 4) is 0 Å². The summed E-state index contributed by atoms with van der Waals surface area (Å²) in [5.74, 6) is -1.61. The highest BCUT2D eigenvalue weighted by molar-refractivity contribution is 7.99. The average Bonchev–Trinajstić information content (AvgIpc) is 2.83. The number of sulfonamides is 1. The quantitative estimate of drug-likeness (QED) is 0.254. The van der Waals surface area contributed by atoms with Crippen molar-refractivity contribution < 1.29 is 37.1 Å². The van der Waals surface area contributed by atoms with Gasteiger partial charge < -0.3 is 14.8 Å². The third kappa shape index (κ3) is 10.8. The smallest absolute Gasteiger partial charge is 0.344 e. The van der Waals surface area contributed by atoms with Crippen LogP contribution in [0.5, 0.6) is 0 Å². The number of carbonyl (C=O) groups is 4. The average molecular weight is 567 g/mol. The highest BCUT2D eigenvalue weighted by Crippen LogP contribution is 2.18. The van der Waals surface area contributed by atoms with Gasteiger partial charge in [-0.05, 0) is 51.1 Å². The molecule has 0 bridgehead atoms. The van der Waals surface area contributed by atoms with E-state index in [-0.39, 0.29) is 35.6 Å². The van der Waals surface area contributed by atoms with Gasteiger partial charge in [0, 0.05) is 34.5 Å². The minimum absolute atomic E-state index is 0.0131. The third-order valence-electron chi connectivity index (χ3n) is 4.69. The Morgan fingerprint density at radius 1 is 0.974 bits per heavy atom. The van der Waals surface area contributed by atoms with Crippen LogP contribution in [0.3, 0.4) is 0 Å². The van der Waals surface area contributed by atoms with Crippen molar-refractivity contribution in [1.82, 2.24) is 9.97 Å². The number of ether oxygens (including phenoxy) is 2. The molecule has 2 aromatic rings. The van der Waals surface area contributed by atoms with Gasteiger partial charge in [-0.25, -0.2) is 27.9 Å². The molecule has 0 aliphatic heterocycles. The number of benzene rings is 1. The minimum atomic E-state index is -3.91. The van der Waals surface area contributed by atoms with Crippen LogP contribution in [0.2, 0.25) is 0 Å². The lowest BCUT2D eigenvalue weighted by Crippen LogP contribution is -2.22. The summed E-state index contributed by atoms with van der Waals surface area (Å²) in [5, 5.41) is 2.73. The molecule has 12 nitrogen and oxygen atoms in total. The highest BCUT2D eigenvalue weighted by atomic mass is 32.2. The number of hydrogen-bond acceptors (Lipinski definition) is 11. The van der Waals surface area contributed by atoms with Gasteiger partial charge in [-0.3, -0.25) is 14.4 Å². The molecule has 1 atom stereocenters. The number of ketones is 1. The van der Waals surface area contributed by atoms with E-state index in [1.807, 2.05) is 0 Å². The van der Waals surface area contributed by atoms with E-state index in [4.69, 9.17) is 4.74 Å². The van der Waals surface area contributed by atoms with Crippen molar-refractivity contribution >= 4 is 57.0 Å². The molecule has 206 valence electrons. The SMILES string of the molecule is CC(=O)COC(=O)COC(=O)CCSCC(C)C(=O)Nc1ccc(S(=O)(=O)Nc2nc(C)cc(C)n2)cc1. The first-order valence-electron chi connectivity index (χ1n) is 11.5. The number of nitrogens with one attached hydrogen (secondary N) is 2. The second-order valence-electron chi connectivity index (χ2n) is 8.34. The van der Waals surface area contributed by atoms with Crippen LogP contribution < -0.4 is 10.0 Å². The van der Waals surface area contributed by atoms with Crippen LogP contribution >= 0.6 is 11.8 Å². The van der Waals surface area contributed by atoms with E-state index in [9.17, 15) is 27.6 Å². The summed E-state index contributed by atoms with van der Waals surface area (Å²) in [6, 6.07) is 7.41. The fourth-order valence-corrected chi connectivity index (χ4v) is 4.79. The highest BCUT2D eigenvalue weighted by Gasteiger charge is 2.18. The zero-order valence-electron chi connectivity index (χ0n) is 21.5. The summed E-state index contributed by atoms with van der Waals surface area (Å²) in [4.78, 5) is 54.4. The zero-order valence-corrected chi connectivity index (χ0v) is 23.1. The Bertz CT molecular complexity index is 1250. The lowest BCUT2D eigenvalue weighted by Gasteiger charge is -2.13. The van der Waals surface area contributed by atoms with E-state index < -0.39 is 34.5 Å². The molecular formula is C24H30N4O8S2. The van der Waals surface area contributed by atoms with Crippen LogP contribution in [0.15, 0.2) is 35.2 Å².